The van der Waals surface area contributed by atoms with Gasteiger partial charge in [0, 0.05) is 19.2 Å². The van der Waals surface area contributed by atoms with Crippen LogP contribution in [0.1, 0.15) is 6.42 Å². The molecule has 1 aliphatic heterocycles. The van der Waals surface area contributed by atoms with E-state index in [4.69, 9.17) is 4.74 Å². The molecule has 1 rings (SSSR count). The standard InChI is InChI=1S/C6H12FNO/c7-5-6-1-3-9-4-2-8-6/h6,8H,1-5H2. The van der Waals surface area contributed by atoms with Crippen molar-refractivity contribution in [3.63, 3.8) is 0 Å². The molecule has 0 saturated carbocycles. The monoisotopic (exact) mass is 133 g/mol. The van der Waals surface area contributed by atoms with Gasteiger partial charge in [-0.2, -0.15) is 0 Å². The van der Waals surface area contributed by atoms with Gasteiger partial charge in [-0.1, -0.05) is 0 Å². The summed E-state index contributed by atoms with van der Waals surface area (Å²) < 4.78 is 17.0. The van der Waals surface area contributed by atoms with Crippen LogP contribution in [-0.2, 0) is 4.74 Å². The van der Waals surface area contributed by atoms with Gasteiger partial charge in [-0.25, -0.2) is 4.39 Å². The Kier molecular flexibility index (Phi) is 2.94. The number of alkyl halides is 1. The average Bonchev–Trinajstić information content (AvgIpc) is 2.13. The second-order valence-corrected chi connectivity index (χ2v) is 2.21. The second kappa shape index (κ2) is 3.80. The number of hydrogen-bond acceptors (Lipinski definition) is 2. The van der Waals surface area contributed by atoms with Crippen LogP contribution >= 0.6 is 0 Å². The predicted octanol–water partition coefficient (Wildman–Crippen LogP) is 0.334. The molecule has 0 spiro atoms. The van der Waals surface area contributed by atoms with E-state index in [1.54, 1.807) is 0 Å². The topological polar surface area (TPSA) is 21.3 Å². The molecule has 0 amide bonds. The van der Waals surface area contributed by atoms with Crippen molar-refractivity contribution in [2.75, 3.05) is 26.4 Å². The Balaban J connectivity index is 2.18. The maximum Gasteiger partial charge on any atom is 0.105 e. The van der Waals surface area contributed by atoms with Crippen molar-refractivity contribution in [3.05, 3.63) is 0 Å². The summed E-state index contributed by atoms with van der Waals surface area (Å²) in [6, 6.07) is 0.0347. The highest BCUT2D eigenvalue weighted by atomic mass is 19.1. The fraction of sp³-hybridized carbons (Fsp3) is 1.00. The van der Waals surface area contributed by atoms with E-state index in [0.717, 1.165) is 19.6 Å². The molecule has 1 N–H and O–H groups in total. The summed E-state index contributed by atoms with van der Waals surface area (Å²) in [5, 5.41) is 3.03. The molecular weight excluding hydrogens is 121 g/mol. The molecule has 0 aromatic heterocycles. The Labute approximate surface area is 54.4 Å². The van der Waals surface area contributed by atoms with E-state index < -0.39 is 0 Å². The third-order valence-electron chi connectivity index (χ3n) is 1.48. The lowest BCUT2D eigenvalue weighted by atomic mass is 10.2. The number of rotatable bonds is 1. The molecule has 2 nitrogen and oxygen atoms in total. The molecule has 1 atom stereocenters. The molecule has 1 saturated heterocycles. The summed E-state index contributed by atoms with van der Waals surface area (Å²) in [7, 11) is 0. The third kappa shape index (κ3) is 2.28. The molecule has 3 heteroatoms. The summed E-state index contributed by atoms with van der Waals surface area (Å²) in [5.41, 5.74) is 0. The van der Waals surface area contributed by atoms with Crippen molar-refractivity contribution in [1.29, 1.82) is 0 Å². The molecule has 1 unspecified atom stereocenters. The van der Waals surface area contributed by atoms with Crippen LogP contribution in [0.4, 0.5) is 4.39 Å². The molecule has 1 fully saturated rings. The maximum absolute atomic E-state index is 11.9. The predicted molar refractivity (Wildman–Crippen MR) is 33.2 cm³/mol. The molecule has 9 heavy (non-hydrogen) atoms. The van der Waals surface area contributed by atoms with Gasteiger partial charge < -0.3 is 10.1 Å². The average molecular weight is 133 g/mol. The van der Waals surface area contributed by atoms with Crippen LogP contribution < -0.4 is 5.32 Å². The Bertz CT molecular complexity index is 71.5. The van der Waals surface area contributed by atoms with Gasteiger partial charge in [0.2, 0.25) is 0 Å². The largest absolute Gasteiger partial charge is 0.380 e. The molecule has 0 aliphatic carbocycles. The number of halogens is 1. The molecular formula is C6H12FNO. The van der Waals surface area contributed by atoms with Crippen molar-refractivity contribution in [2.45, 2.75) is 12.5 Å². The van der Waals surface area contributed by atoms with E-state index in [9.17, 15) is 4.39 Å². The van der Waals surface area contributed by atoms with E-state index >= 15 is 0 Å². The summed E-state index contributed by atoms with van der Waals surface area (Å²) in [4.78, 5) is 0. The summed E-state index contributed by atoms with van der Waals surface area (Å²) >= 11 is 0. The van der Waals surface area contributed by atoms with E-state index in [0.29, 0.717) is 6.61 Å². The van der Waals surface area contributed by atoms with Crippen LogP contribution in [0.5, 0.6) is 0 Å². The highest BCUT2D eigenvalue weighted by molar-refractivity contribution is 4.67. The number of ether oxygens (including phenoxy) is 1. The normalized spacial score (nSPS) is 29.7. The first-order valence-corrected chi connectivity index (χ1v) is 3.30. The molecule has 0 bridgehead atoms. The van der Waals surface area contributed by atoms with E-state index in [2.05, 4.69) is 5.32 Å². The minimum atomic E-state index is -0.274. The fourth-order valence-electron chi connectivity index (χ4n) is 0.897. The highest BCUT2D eigenvalue weighted by Crippen LogP contribution is 1.96. The third-order valence-corrected chi connectivity index (χ3v) is 1.48. The van der Waals surface area contributed by atoms with Crippen molar-refractivity contribution < 1.29 is 9.13 Å². The zero-order valence-electron chi connectivity index (χ0n) is 5.40. The molecule has 1 aliphatic rings. The molecule has 0 aromatic carbocycles. The lowest BCUT2D eigenvalue weighted by Crippen LogP contribution is -2.31. The number of hydrogen-bond donors (Lipinski definition) is 1. The van der Waals surface area contributed by atoms with Crippen molar-refractivity contribution in [1.82, 2.24) is 5.32 Å². The smallest absolute Gasteiger partial charge is 0.105 e. The van der Waals surface area contributed by atoms with Crippen molar-refractivity contribution >= 4 is 0 Å². The Morgan fingerprint density at radius 2 is 2.44 bits per heavy atom. The Morgan fingerprint density at radius 3 is 3.22 bits per heavy atom. The van der Waals surface area contributed by atoms with Crippen molar-refractivity contribution in [3.8, 4) is 0 Å². The van der Waals surface area contributed by atoms with Gasteiger partial charge in [0.05, 0.1) is 6.61 Å². The summed E-state index contributed by atoms with van der Waals surface area (Å²) in [6.45, 7) is 1.93. The van der Waals surface area contributed by atoms with Crippen LogP contribution in [-0.4, -0.2) is 32.5 Å². The van der Waals surface area contributed by atoms with Gasteiger partial charge >= 0.3 is 0 Å². The Hall–Kier alpha value is -0.150. The second-order valence-electron chi connectivity index (χ2n) is 2.21. The van der Waals surface area contributed by atoms with E-state index in [-0.39, 0.29) is 12.7 Å². The molecule has 0 aromatic rings. The lowest BCUT2D eigenvalue weighted by molar-refractivity contribution is 0.149. The van der Waals surface area contributed by atoms with Gasteiger partial charge in [0.25, 0.3) is 0 Å². The van der Waals surface area contributed by atoms with Gasteiger partial charge in [0.15, 0.2) is 0 Å². The number of nitrogens with one attached hydrogen (secondary N) is 1. The molecule has 54 valence electrons. The van der Waals surface area contributed by atoms with Gasteiger partial charge in [-0.3, -0.25) is 0 Å². The zero-order chi connectivity index (χ0) is 6.53. The van der Waals surface area contributed by atoms with Gasteiger partial charge in [-0.05, 0) is 6.42 Å². The van der Waals surface area contributed by atoms with E-state index in [1.165, 1.54) is 0 Å². The van der Waals surface area contributed by atoms with Gasteiger partial charge in [0.1, 0.15) is 6.67 Å². The molecule has 0 radical (unpaired) electrons. The van der Waals surface area contributed by atoms with Crippen LogP contribution in [0.3, 0.4) is 0 Å². The quantitative estimate of drug-likeness (QED) is 0.556. The first kappa shape index (κ1) is 6.96. The van der Waals surface area contributed by atoms with Crippen molar-refractivity contribution in [2.24, 2.45) is 0 Å². The molecule has 1 heterocycles. The SMILES string of the molecule is FCC1CCOCCN1. The minimum Gasteiger partial charge on any atom is -0.380 e. The lowest BCUT2D eigenvalue weighted by Gasteiger charge is -2.07. The van der Waals surface area contributed by atoms with E-state index in [1.807, 2.05) is 0 Å². The van der Waals surface area contributed by atoms with Crippen LogP contribution in [0.2, 0.25) is 0 Å². The summed E-state index contributed by atoms with van der Waals surface area (Å²) in [6.07, 6.45) is 0.802. The van der Waals surface area contributed by atoms with Crippen LogP contribution in [0, 0.1) is 0 Å². The zero-order valence-corrected chi connectivity index (χ0v) is 5.40. The first-order valence-electron chi connectivity index (χ1n) is 3.30. The van der Waals surface area contributed by atoms with Crippen LogP contribution in [0.15, 0.2) is 0 Å². The maximum atomic E-state index is 11.9. The minimum absolute atomic E-state index is 0.0347. The fourth-order valence-corrected chi connectivity index (χ4v) is 0.897. The Morgan fingerprint density at radius 1 is 1.56 bits per heavy atom. The van der Waals surface area contributed by atoms with Crippen LogP contribution in [0.25, 0.3) is 0 Å². The summed E-state index contributed by atoms with van der Waals surface area (Å²) in [5.74, 6) is 0. The highest BCUT2D eigenvalue weighted by Gasteiger charge is 2.09. The first-order chi connectivity index (χ1) is 4.43. The van der Waals surface area contributed by atoms with Gasteiger partial charge in [-0.15, -0.1) is 0 Å².